The summed E-state index contributed by atoms with van der Waals surface area (Å²) < 4.78 is 0. The van der Waals surface area contributed by atoms with Crippen molar-refractivity contribution < 1.29 is 0 Å². The van der Waals surface area contributed by atoms with Crippen molar-refractivity contribution >= 4 is 44.8 Å². The van der Waals surface area contributed by atoms with Crippen LogP contribution in [-0.2, 0) is 0 Å². The molecule has 0 heterocycles. The molecule has 0 amide bonds. The molecule has 2 aromatic carbocycles. The summed E-state index contributed by atoms with van der Waals surface area (Å²) in [5.41, 5.74) is 2.60. The molecule has 0 bridgehead atoms. The van der Waals surface area contributed by atoms with Crippen LogP contribution in [0.25, 0.3) is 0 Å². The Morgan fingerprint density at radius 1 is 0.650 bits per heavy atom. The Labute approximate surface area is 138 Å². The monoisotopic (exact) mass is 342 g/mol. The molecule has 0 nitrogen and oxygen atoms in total. The smallest absolute Gasteiger partial charge is 0.0406 e. The summed E-state index contributed by atoms with van der Waals surface area (Å²) in [7, 11) is 3.77. The zero-order valence-corrected chi connectivity index (χ0v) is 14.5. The van der Waals surface area contributed by atoms with E-state index in [-0.39, 0.29) is 0 Å². The molecule has 20 heavy (non-hydrogen) atoms. The van der Waals surface area contributed by atoms with Crippen molar-refractivity contribution in [1.82, 2.24) is 0 Å². The first-order valence-corrected chi connectivity index (χ1v) is 9.42. The fourth-order valence-electron chi connectivity index (χ4n) is 1.75. The van der Waals surface area contributed by atoms with Crippen LogP contribution in [0.3, 0.4) is 0 Å². The highest BCUT2D eigenvalue weighted by molar-refractivity contribution is 8.76. The lowest BCUT2D eigenvalue weighted by molar-refractivity contribution is 1.10. The van der Waals surface area contributed by atoms with E-state index in [4.69, 9.17) is 23.2 Å². The second kappa shape index (κ2) is 7.65. The fourth-order valence-corrected chi connectivity index (χ4v) is 4.53. The van der Waals surface area contributed by atoms with Gasteiger partial charge in [0.25, 0.3) is 0 Å². The summed E-state index contributed by atoms with van der Waals surface area (Å²) in [5, 5.41) is 2.44. The van der Waals surface area contributed by atoms with Crippen molar-refractivity contribution in [2.75, 3.05) is 0 Å². The number of benzene rings is 2. The molecule has 2 aromatic rings. The minimum Gasteiger partial charge on any atom is -0.0856 e. The highest BCUT2D eigenvalue weighted by atomic mass is 35.5. The van der Waals surface area contributed by atoms with E-state index in [1.165, 1.54) is 11.1 Å². The molecule has 2 atom stereocenters. The summed E-state index contributed by atoms with van der Waals surface area (Å²) in [6.45, 7) is 4.44. The molecule has 0 N–H and O–H groups in total. The van der Waals surface area contributed by atoms with E-state index in [1.54, 1.807) is 0 Å². The molecular formula is C16H16Cl2S2. The zero-order chi connectivity index (χ0) is 14.5. The molecule has 4 heteroatoms. The van der Waals surface area contributed by atoms with Gasteiger partial charge in [-0.1, -0.05) is 69.1 Å². The average molecular weight is 343 g/mol. The molecular weight excluding hydrogens is 327 g/mol. The lowest BCUT2D eigenvalue weighted by Gasteiger charge is -2.15. The Balaban J connectivity index is 1.91. The van der Waals surface area contributed by atoms with Crippen molar-refractivity contribution in [2.24, 2.45) is 0 Å². The van der Waals surface area contributed by atoms with Gasteiger partial charge in [0.05, 0.1) is 0 Å². The minimum absolute atomic E-state index is 0.437. The minimum atomic E-state index is 0.437. The first kappa shape index (κ1) is 16.1. The van der Waals surface area contributed by atoms with E-state index in [9.17, 15) is 0 Å². The summed E-state index contributed by atoms with van der Waals surface area (Å²) in [6, 6.07) is 16.1. The molecule has 2 unspecified atom stereocenters. The number of hydrogen-bond acceptors (Lipinski definition) is 2. The molecule has 0 aromatic heterocycles. The van der Waals surface area contributed by atoms with Gasteiger partial charge in [-0.3, -0.25) is 0 Å². The van der Waals surface area contributed by atoms with Crippen molar-refractivity contribution in [3.8, 4) is 0 Å². The summed E-state index contributed by atoms with van der Waals surface area (Å²) in [6.07, 6.45) is 0. The van der Waals surface area contributed by atoms with Gasteiger partial charge < -0.3 is 0 Å². The maximum absolute atomic E-state index is 5.91. The Bertz CT molecular complexity index is 486. The third kappa shape index (κ3) is 4.63. The maximum Gasteiger partial charge on any atom is 0.0406 e. The van der Waals surface area contributed by atoms with Gasteiger partial charge in [-0.05, 0) is 49.2 Å². The van der Waals surface area contributed by atoms with Crippen LogP contribution in [0, 0.1) is 0 Å². The first-order chi connectivity index (χ1) is 9.56. The number of halogens is 2. The van der Waals surface area contributed by atoms with Gasteiger partial charge in [-0.15, -0.1) is 0 Å². The van der Waals surface area contributed by atoms with Crippen molar-refractivity contribution in [1.29, 1.82) is 0 Å². The Morgan fingerprint density at radius 3 is 1.25 bits per heavy atom. The Kier molecular flexibility index (Phi) is 6.16. The topological polar surface area (TPSA) is 0 Å². The average Bonchev–Trinajstić information content (AvgIpc) is 2.46. The summed E-state index contributed by atoms with van der Waals surface area (Å²) in [5.74, 6) is 0. The third-order valence-electron chi connectivity index (χ3n) is 3.02. The van der Waals surface area contributed by atoms with E-state index < -0.39 is 0 Å². The molecule has 0 fully saturated rings. The standard InChI is InChI=1S/C16H16Cl2S2/c1-11(13-3-7-15(17)8-4-13)19-20-12(2)14-5-9-16(18)10-6-14/h3-12H,1-2H3. The number of hydrogen-bond donors (Lipinski definition) is 0. The fraction of sp³-hybridized carbons (Fsp3) is 0.250. The second-order valence-electron chi connectivity index (χ2n) is 4.58. The van der Waals surface area contributed by atoms with Gasteiger partial charge >= 0.3 is 0 Å². The van der Waals surface area contributed by atoms with Crippen molar-refractivity contribution in [3.05, 3.63) is 69.7 Å². The highest BCUT2D eigenvalue weighted by Crippen LogP contribution is 2.45. The van der Waals surface area contributed by atoms with Crippen molar-refractivity contribution in [2.45, 2.75) is 24.3 Å². The summed E-state index contributed by atoms with van der Waals surface area (Å²) >= 11 is 11.8. The van der Waals surface area contributed by atoms with Crippen LogP contribution in [0.4, 0.5) is 0 Å². The van der Waals surface area contributed by atoms with E-state index in [0.717, 1.165) is 10.0 Å². The molecule has 0 saturated heterocycles. The molecule has 0 radical (unpaired) electrons. The molecule has 0 saturated carbocycles. The van der Waals surface area contributed by atoms with Crippen LogP contribution in [0.5, 0.6) is 0 Å². The maximum atomic E-state index is 5.91. The molecule has 2 rings (SSSR count). The van der Waals surface area contributed by atoms with Crippen LogP contribution in [0.2, 0.25) is 10.0 Å². The van der Waals surface area contributed by atoms with Crippen LogP contribution in [-0.4, -0.2) is 0 Å². The van der Waals surface area contributed by atoms with E-state index >= 15 is 0 Å². The molecule has 0 aliphatic carbocycles. The van der Waals surface area contributed by atoms with Gasteiger partial charge in [0.15, 0.2) is 0 Å². The Hall–Kier alpha value is -0.280. The highest BCUT2D eigenvalue weighted by Gasteiger charge is 2.11. The van der Waals surface area contributed by atoms with Crippen LogP contribution < -0.4 is 0 Å². The Morgan fingerprint density at radius 2 is 0.950 bits per heavy atom. The van der Waals surface area contributed by atoms with E-state index in [0.29, 0.717) is 10.5 Å². The van der Waals surface area contributed by atoms with Crippen LogP contribution in [0.1, 0.15) is 35.5 Å². The predicted molar refractivity (Wildman–Crippen MR) is 94.9 cm³/mol. The molecule has 0 aliphatic heterocycles. The predicted octanol–water partition coefficient (Wildman–Crippen LogP) is 7.20. The van der Waals surface area contributed by atoms with Gasteiger partial charge in [-0.25, -0.2) is 0 Å². The first-order valence-electron chi connectivity index (χ1n) is 6.39. The molecule has 0 aliphatic rings. The van der Waals surface area contributed by atoms with Gasteiger partial charge in [0.2, 0.25) is 0 Å². The molecule has 0 spiro atoms. The second-order valence-corrected chi connectivity index (χ2v) is 8.41. The van der Waals surface area contributed by atoms with Crippen LogP contribution in [0.15, 0.2) is 48.5 Å². The summed E-state index contributed by atoms with van der Waals surface area (Å²) in [4.78, 5) is 0. The normalized spacial score (nSPS) is 14.0. The van der Waals surface area contributed by atoms with E-state index in [1.807, 2.05) is 45.9 Å². The van der Waals surface area contributed by atoms with Gasteiger partial charge in [0.1, 0.15) is 0 Å². The van der Waals surface area contributed by atoms with Crippen LogP contribution >= 0.6 is 44.8 Å². The SMILES string of the molecule is CC(SSC(C)c1ccc(Cl)cc1)c1ccc(Cl)cc1. The lowest BCUT2D eigenvalue weighted by Crippen LogP contribution is -1.89. The lowest BCUT2D eigenvalue weighted by atomic mass is 10.2. The zero-order valence-electron chi connectivity index (χ0n) is 11.3. The van der Waals surface area contributed by atoms with Crippen molar-refractivity contribution in [3.63, 3.8) is 0 Å². The molecule has 106 valence electrons. The van der Waals surface area contributed by atoms with Gasteiger partial charge in [-0.2, -0.15) is 0 Å². The largest absolute Gasteiger partial charge is 0.0856 e. The third-order valence-corrected chi connectivity index (χ3v) is 6.83. The van der Waals surface area contributed by atoms with E-state index in [2.05, 4.69) is 38.1 Å². The number of rotatable bonds is 5. The van der Waals surface area contributed by atoms with Gasteiger partial charge in [0, 0.05) is 20.5 Å². The quantitative estimate of drug-likeness (QED) is 0.527.